The quantitative estimate of drug-likeness (QED) is 0.356. The van der Waals surface area contributed by atoms with Crippen molar-refractivity contribution in [3.05, 3.63) is 84.9 Å². The van der Waals surface area contributed by atoms with E-state index in [4.69, 9.17) is 0 Å². The van der Waals surface area contributed by atoms with Crippen molar-refractivity contribution in [2.45, 2.75) is 0 Å². The van der Waals surface area contributed by atoms with Gasteiger partial charge in [-0.25, -0.2) is 0 Å². The van der Waals surface area contributed by atoms with E-state index in [2.05, 4.69) is 84.9 Å². The Kier molecular flexibility index (Phi) is 4.76. The number of benzene rings is 4. The van der Waals surface area contributed by atoms with E-state index in [-0.39, 0.29) is 12.4 Å². The first-order valence-electron chi connectivity index (χ1n) is 7.09. The fourth-order valence-electron chi connectivity index (χ4n) is 2.74. The summed E-state index contributed by atoms with van der Waals surface area (Å²) in [6.07, 6.45) is 0. The second kappa shape index (κ2) is 6.77. The van der Waals surface area contributed by atoms with Crippen molar-refractivity contribution in [3.8, 4) is 0 Å². The van der Waals surface area contributed by atoms with Gasteiger partial charge >= 0.3 is 136 Å². The van der Waals surface area contributed by atoms with Crippen LogP contribution in [0.4, 0.5) is 0 Å². The Bertz CT molecular complexity index is 843. The van der Waals surface area contributed by atoms with E-state index in [1.165, 1.54) is 21.5 Å². The summed E-state index contributed by atoms with van der Waals surface area (Å²) in [5, 5.41) is 5.59. The molecule has 0 unspecified atom stereocenters. The molecule has 0 amide bonds. The van der Waals surface area contributed by atoms with Crippen molar-refractivity contribution in [2.75, 3.05) is 0 Å². The molecule has 0 nitrogen and oxygen atoms in total. The topological polar surface area (TPSA) is 0 Å². The standard InChI is InChI=1S/2C10H7.Bi.ClH/c2*1-2-6-10-8-4-3-7-9(10)5-1;;/h2*1-7H;;1H/q;;+1;/p-1. The maximum atomic E-state index is 2.32. The van der Waals surface area contributed by atoms with Crippen LogP contribution < -0.4 is 18.9 Å². The molecule has 4 aromatic rings. The number of halogens is 1. The third-order valence-corrected chi connectivity index (χ3v) is 8.68. The van der Waals surface area contributed by atoms with Crippen molar-refractivity contribution in [1.82, 2.24) is 0 Å². The molecular formula is C20H14BiCl. The van der Waals surface area contributed by atoms with Crippen molar-refractivity contribution in [1.29, 1.82) is 0 Å². The zero-order valence-corrected chi connectivity index (χ0v) is 16.1. The minimum atomic E-state index is -0.914. The van der Waals surface area contributed by atoms with Gasteiger partial charge in [-0.15, -0.1) is 0 Å². The summed E-state index contributed by atoms with van der Waals surface area (Å²) in [7, 11) is 0. The van der Waals surface area contributed by atoms with Gasteiger partial charge in [0.15, 0.2) is 0 Å². The molecule has 0 saturated heterocycles. The average Bonchev–Trinajstić information content (AvgIpc) is 2.56. The van der Waals surface area contributed by atoms with Crippen molar-refractivity contribution >= 4 is 51.3 Å². The monoisotopic (exact) mass is 498 g/mol. The molecule has 0 aliphatic heterocycles. The van der Waals surface area contributed by atoms with Crippen LogP contribution in [0.1, 0.15) is 0 Å². The SMILES string of the molecule is [Cl-].c1ccc2[c]([Bi+][c]3cccc4ccccc34)cccc2c1. The van der Waals surface area contributed by atoms with Crippen LogP contribution in [0.15, 0.2) is 84.9 Å². The normalized spacial score (nSPS) is 10.5. The zero-order valence-electron chi connectivity index (χ0n) is 11.9. The molecule has 0 aromatic heterocycles. The molecular weight excluding hydrogens is 485 g/mol. The molecule has 22 heavy (non-hydrogen) atoms. The van der Waals surface area contributed by atoms with Gasteiger partial charge in [0.25, 0.3) is 0 Å². The predicted octanol–water partition coefficient (Wildman–Crippen LogP) is 0.652. The summed E-state index contributed by atoms with van der Waals surface area (Å²) < 4.78 is 3.15. The molecule has 0 atom stereocenters. The fraction of sp³-hybridized carbons (Fsp3) is 0. The van der Waals surface area contributed by atoms with E-state index in [9.17, 15) is 0 Å². The van der Waals surface area contributed by atoms with Crippen molar-refractivity contribution in [3.63, 3.8) is 0 Å². The van der Waals surface area contributed by atoms with Crippen LogP contribution in [0.25, 0.3) is 21.5 Å². The molecule has 4 aromatic carbocycles. The van der Waals surface area contributed by atoms with Gasteiger partial charge in [0.1, 0.15) is 0 Å². The first-order chi connectivity index (χ1) is 10.4. The molecule has 0 saturated carbocycles. The summed E-state index contributed by atoms with van der Waals surface area (Å²) in [5.74, 6) is 0. The minimum absolute atomic E-state index is 0. The molecule has 0 bridgehead atoms. The molecule has 2 heteroatoms. The van der Waals surface area contributed by atoms with Crippen LogP contribution in [-0.4, -0.2) is 23.2 Å². The number of rotatable bonds is 2. The maximum absolute atomic E-state index is 2.32. The van der Waals surface area contributed by atoms with Crippen LogP contribution in [-0.2, 0) is 0 Å². The van der Waals surface area contributed by atoms with Gasteiger partial charge in [-0.05, 0) is 0 Å². The molecule has 0 spiro atoms. The first kappa shape index (κ1) is 15.5. The van der Waals surface area contributed by atoms with Gasteiger partial charge in [-0.1, -0.05) is 0 Å². The van der Waals surface area contributed by atoms with E-state index in [1.54, 1.807) is 6.54 Å². The van der Waals surface area contributed by atoms with Crippen LogP contribution in [0, 0.1) is 0 Å². The van der Waals surface area contributed by atoms with Gasteiger partial charge in [0, 0.05) is 0 Å². The third-order valence-electron chi connectivity index (χ3n) is 3.77. The molecule has 106 valence electrons. The number of fused-ring (bicyclic) bond motifs is 2. The predicted molar refractivity (Wildman–Crippen MR) is 92.9 cm³/mol. The van der Waals surface area contributed by atoms with Crippen LogP contribution in [0.3, 0.4) is 0 Å². The van der Waals surface area contributed by atoms with Gasteiger partial charge < -0.3 is 12.4 Å². The van der Waals surface area contributed by atoms with Crippen LogP contribution in [0.5, 0.6) is 0 Å². The van der Waals surface area contributed by atoms with E-state index in [0.29, 0.717) is 0 Å². The number of hydrogen-bond donors (Lipinski definition) is 0. The van der Waals surface area contributed by atoms with Gasteiger partial charge in [-0.2, -0.15) is 0 Å². The average molecular weight is 499 g/mol. The molecule has 0 N–H and O–H groups in total. The second-order valence-corrected chi connectivity index (χ2v) is 9.72. The van der Waals surface area contributed by atoms with E-state index in [1.807, 2.05) is 0 Å². The Morgan fingerprint density at radius 3 is 1.36 bits per heavy atom. The summed E-state index contributed by atoms with van der Waals surface area (Å²) in [4.78, 5) is 0. The summed E-state index contributed by atoms with van der Waals surface area (Å²) in [6.45, 7) is 0. The Balaban J connectivity index is 0.00000144. The molecule has 0 aliphatic carbocycles. The summed E-state index contributed by atoms with van der Waals surface area (Å²) in [5.41, 5.74) is 0. The zero-order chi connectivity index (χ0) is 14.1. The Labute approximate surface area is 148 Å². The Morgan fingerprint density at radius 2 is 0.864 bits per heavy atom. The van der Waals surface area contributed by atoms with Gasteiger partial charge in [0.05, 0.1) is 0 Å². The van der Waals surface area contributed by atoms with Crippen molar-refractivity contribution in [2.24, 2.45) is 0 Å². The van der Waals surface area contributed by atoms with Gasteiger partial charge in [0.2, 0.25) is 0 Å². The Morgan fingerprint density at radius 1 is 0.455 bits per heavy atom. The Hall–Kier alpha value is -1.43. The second-order valence-electron chi connectivity index (χ2n) is 5.11. The first-order valence-corrected chi connectivity index (χ1v) is 10.6. The third kappa shape index (κ3) is 2.89. The van der Waals surface area contributed by atoms with Crippen molar-refractivity contribution < 1.29 is 12.4 Å². The fourth-order valence-corrected chi connectivity index (χ4v) is 7.52. The molecule has 0 fully saturated rings. The van der Waals surface area contributed by atoms with E-state index >= 15 is 0 Å². The summed E-state index contributed by atoms with van der Waals surface area (Å²) in [6, 6.07) is 31.0. The van der Waals surface area contributed by atoms with Crippen LogP contribution in [0.2, 0.25) is 0 Å². The van der Waals surface area contributed by atoms with E-state index < -0.39 is 23.2 Å². The van der Waals surface area contributed by atoms with Crippen LogP contribution >= 0.6 is 0 Å². The molecule has 2 radical (unpaired) electrons. The molecule has 4 rings (SSSR count). The van der Waals surface area contributed by atoms with Gasteiger partial charge in [-0.3, -0.25) is 0 Å². The molecule has 0 heterocycles. The molecule has 0 aliphatic rings. The summed E-state index contributed by atoms with van der Waals surface area (Å²) >= 11 is -0.914. The number of hydrogen-bond acceptors (Lipinski definition) is 0. The van der Waals surface area contributed by atoms with E-state index in [0.717, 1.165) is 0 Å².